The predicted octanol–water partition coefficient (Wildman–Crippen LogP) is 0.613. The molecule has 2 fully saturated rings. The van der Waals surface area contributed by atoms with Crippen molar-refractivity contribution in [2.24, 2.45) is 5.73 Å². The van der Waals surface area contributed by atoms with Crippen molar-refractivity contribution in [2.45, 2.75) is 56.7 Å². The zero-order chi connectivity index (χ0) is 12.5. The van der Waals surface area contributed by atoms with Crippen LogP contribution in [0.15, 0.2) is 6.20 Å². The van der Waals surface area contributed by atoms with E-state index in [-0.39, 0.29) is 11.9 Å². The summed E-state index contributed by atoms with van der Waals surface area (Å²) in [7, 11) is 0. The molecular weight excluding hydrogens is 230 g/mol. The van der Waals surface area contributed by atoms with Crippen molar-refractivity contribution < 1.29 is 4.79 Å². The number of hydrogen-bond acceptors (Lipinski definition) is 4. The molecule has 0 aromatic carbocycles. The van der Waals surface area contributed by atoms with Gasteiger partial charge in [0, 0.05) is 12.1 Å². The number of aromatic nitrogens is 3. The summed E-state index contributed by atoms with van der Waals surface area (Å²) in [6, 6.07) is 1.00. The number of amides is 1. The molecule has 0 saturated heterocycles. The summed E-state index contributed by atoms with van der Waals surface area (Å²) in [4.78, 5) is 12.0. The van der Waals surface area contributed by atoms with Crippen LogP contribution in [0.2, 0.25) is 0 Å². The van der Waals surface area contributed by atoms with Crippen molar-refractivity contribution in [2.75, 3.05) is 0 Å². The third-order valence-electron chi connectivity index (χ3n) is 3.77. The summed E-state index contributed by atoms with van der Waals surface area (Å²) in [6.07, 6.45) is 7.93. The lowest BCUT2D eigenvalue weighted by Crippen LogP contribution is -2.40. The van der Waals surface area contributed by atoms with E-state index in [0.717, 1.165) is 38.5 Å². The Balaban J connectivity index is 1.56. The number of nitrogens with zero attached hydrogens (tertiary/aromatic N) is 3. The van der Waals surface area contributed by atoms with E-state index in [1.54, 1.807) is 10.9 Å². The van der Waals surface area contributed by atoms with Gasteiger partial charge in [-0.1, -0.05) is 5.21 Å². The molecule has 0 bridgehead atoms. The molecule has 1 aromatic heterocycles. The van der Waals surface area contributed by atoms with Crippen LogP contribution in [-0.4, -0.2) is 33.0 Å². The van der Waals surface area contributed by atoms with Gasteiger partial charge in [-0.2, -0.15) is 0 Å². The van der Waals surface area contributed by atoms with Crippen molar-refractivity contribution in [1.29, 1.82) is 0 Å². The molecule has 0 radical (unpaired) electrons. The maximum absolute atomic E-state index is 12.0. The van der Waals surface area contributed by atoms with Crippen molar-refractivity contribution in [1.82, 2.24) is 20.3 Å². The number of carbonyl (C=O) groups is 1. The number of hydrogen-bond donors (Lipinski definition) is 2. The van der Waals surface area contributed by atoms with Gasteiger partial charge in [0.25, 0.3) is 5.91 Å². The van der Waals surface area contributed by atoms with Crippen molar-refractivity contribution >= 4 is 5.91 Å². The van der Waals surface area contributed by atoms with Crippen LogP contribution >= 0.6 is 0 Å². The molecule has 0 atom stereocenters. The van der Waals surface area contributed by atoms with E-state index in [9.17, 15) is 4.79 Å². The van der Waals surface area contributed by atoms with Crippen molar-refractivity contribution in [3.63, 3.8) is 0 Å². The Hall–Kier alpha value is -1.43. The quantitative estimate of drug-likeness (QED) is 0.822. The van der Waals surface area contributed by atoms with E-state index in [4.69, 9.17) is 5.73 Å². The van der Waals surface area contributed by atoms with Gasteiger partial charge in [0.15, 0.2) is 5.69 Å². The molecule has 2 aliphatic carbocycles. The number of nitrogens with one attached hydrogen (secondary N) is 1. The van der Waals surface area contributed by atoms with E-state index < -0.39 is 0 Å². The minimum absolute atomic E-state index is 0.109. The third kappa shape index (κ3) is 2.53. The summed E-state index contributed by atoms with van der Waals surface area (Å²) >= 11 is 0. The fourth-order valence-corrected chi connectivity index (χ4v) is 2.42. The lowest BCUT2D eigenvalue weighted by atomic mass is 9.92. The molecule has 0 aliphatic heterocycles. The molecule has 1 aromatic rings. The summed E-state index contributed by atoms with van der Waals surface area (Å²) in [6.45, 7) is 0. The Morgan fingerprint density at radius 3 is 2.67 bits per heavy atom. The summed E-state index contributed by atoms with van der Waals surface area (Å²) < 4.78 is 1.80. The van der Waals surface area contributed by atoms with Crippen LogP contribution in [0.5, 0.6) is 0 Å². The van der Waals surface area contributed by atoms with Gasteiger partial charge in [-0.05, 0) is 38.5 Å². The van der Waals surface area contributed by atoms with Gasteiger partial charge in [-0.25, -0.2) is 4.68 Å². The van der Waals surface area contributed by atoms with Crippen LogP contribution in [0.3, 0.4) is 0 Å². The predicted molar refractivity (Wildman–Crippen MR) is 66.0 cm³/mol. The minimum Gasteiger partial charge on any atom is -0.348 e. The van der Waals surface area contributed by atoms with Gasteiger partial charge in [-0.15, -0.1) is 5.10 Å². The highest BCUT2D eigenvalue weighted by Gasteiger charge is 2.27. The number of carbonyl (C=O) groups excluding carboxylic acids is 1. The second-order valence-corrected chi connectivity index (χ2v) is 5.40. The van der Waals surface area contributed by atoms with Gasteiger partial charge in [0.2, 0.25) is 0 Å². The van der Waals surface area contributed by atoms with Crippen LogP contribution in [0.25, 0.3) is 0 Å². The second kappa shape index (κ2) is 4.68. The molecular formula is C12H19N5O. The molecule has 6 nitrogen and oxygen atoms in total. The van der Waals surface area contributed by atoms with Gasteiger partial charge < -0.3 is 11.1 Å². The molecule has 2 aliphatic rings. The van der Waals surface area contributed by atoms with E-state index >= 15 is 0 Å². The molecule has 2 saturated carbocycles. The lowest BCUT2D eigenvalue weighted by molar-refractivity contribution is 0.0920. The van der Waals surface area contributed by atoms with Crippen LogP contribution in [-0.2, 0) is 0 Å². The topological polar surface area (TPSA) is 85.8 Å². The van der Waals surface area contributed by atoms with Crippen molar-refractivity contribution in [3.8, 4) is 0 Å². The van der Waals surface area contributed by atoms with E-state index in [0.29, 0.717) is 17.8 Å². The Morgan fingerprint density at radius 2 is 2.00 bits per heavy atom. The Bertz CT molecular complexity index is 431. The lowest BCUT2D eigenvalue weighted by Gasteiger charge is -2.26. The first-order valence-corrected chi connectivity index (χ1v) is 6.70. The largest absolute Gasteiger partial charge is 0.348 e. The summed E-state index contributed by atoms with van der Waals surface area (Å²) in [5, 5.41) is 10.9. The van der Waals surface area contributed by atoms with Crippen LogP contribution in [0, 0.1) is 0 Å². The molecule has 1 amide bonds. The smallest absolute Gasteiger partial charge is 0.273 e. The van der Waals surface area contributed by atoms with Gasteiger partial charge >= 0.3 is 0 Å². The molecule has 6 heteroatoms. The van der Waals surface area contributed by atoms with Crippen molar-refractivity contribution in [3.05, 3.63) is 11.9 Å². The van der Waals surface area contributed by atoms with E-state index in [2.05, 4.69) is 15.6 Å². The molecule has 3 rings (SSSR count). The highest BCUT2D eigenvalue weighted by atomic mass is 16.2. The normalized spacial score (nSPS) is 28.1. The maximum Gasteiger partial charge on any atom is 0.273 e. The standard InChI is InChI=1S/C12H19N5O/c13-8-1-3-9(4-2-8)14-12(18)11-7-17(16-15-11)10-5-6-10/h7-10H,1-6,13H2,(H,14,18)/t8-,9-. The van der Waals surface area contributed by atoms with Crippen LogP contribution in [0.4, 0.5) is 0 Å². The van der Waals surface area contributed by atoms with Crippen LogP contribution < -0.4 is 11.1 Å². The highest BCUT2D eigenvalue weighted by Crippen LogP contribution is 2.33. The maximum atomic E-state index is 12.0. The third-order valence-corrected chi connectivity index (χ3v) is 3.77. The Kier molecular flexibility index (Phi) is 3.03. The molecule has 0 spiro atoms. The monoisotopic (exact) mass is 249 g/mol. The minimum atomic E-state index is -0.109. The van der Waals surface area contributed by atoms with Crippen LogP contribution in [0.1, 0.15) is 55.1 Å². The molecule has 18 heavy (non-hydrogen) atoms. The molecule has 0 unspecified atom stereocenters. The average Bonchev–Trinajstić information content (AvgIpc) is 3.10. The zero-order valence-electron chi connectivity index (χ0n) is 10.4. The molecule has 98 valence electrons. The van der Waals surface area contributed by atoms with Gasteiger partial charge in [0.1, 0.15) is 0 Å². The van der Waals surface area contributed by atoms with E-state index in [1.807, 2.05) is 0 Å². The Labute approximate surface area is 106 Å². The number of rotatable bonds is 3. The first-order valence-electron chi connectivity index (χ1n) is 6.70. The summed E-state index contributed by atoms with van der Waals surface area (Å²) in [5.74, 6) is -0.109. The van der Waals surface area contributed by atoms with E-state index in [1.165, 1.54) is 0 Å². The second-order valence-electron chi connectivity index (χ2n) is 5.40. The zero-order valence-corrected chi connectivity index (χ0v) is 10.4. The van der Waals surface area contributed by atoms with Gasteiger partial charge in [-0.3, -0.25) is 4.79 Å². The first kappa shape index (κ1) is 11.6. The average molecular weight is 249 g/mol. The van der Waals surface area contributed by atoms with Gasteiger partial charge in [0.05, 0.1) is 12.2 Å². The fourth-order valence-electron chi connectivity index (χ4n) is 2.42. The Morgan fingerprint density at radius 1 is 1.28 bits per heavy atom. The highest BCUT2D eigenvalue weighted by molar-refractivity contribution is 5.92. The molecule has 3 N–H and O–H groups in total. The SMILES string of the molecule is N[C@H]1CC[C@H](NC(=O)c2cn(C3CC3)nn2)CC1. The number of nitrogens with two attached hydrogens (primary N) is 1. The fraction of sp³-hybridized carbons (Fsp3) is 0.750. The first-order chi connectivity index (χ1) is 8.72. The summed E-state index contributed by atoms with van der Waals surface area (Å²) in [5.41, 5.74) is 6.27. The molecule has 1 heterocycles.